The zero-order valence-corrected chi connectivity index (χ0v) is 15.7. The van der Waals surface area contributed by atoms with Gasteiger partial charge in [-0.15, -0.1) is 0 Å². The van der Waals surface area contributed by atoms with Gasteiger partial charge in [-0.25, -0.2) is 4.79 Å². The van der Waals surface area contributed by atoms with Gasteiger partial charge < -0.3 is 10.4 Å². The monoisotopic (exact) mass is 384 g/mol. The van der Waals surface area contributed by atoms with Gasteiger partial charge in [0.25, 0.3) is 5.91 Å². The maximum Gasteiger partial charge on any atom is 0.348 e. The highest BCUT2D eigenvalue weighted by molar-refractivity contribution is 6.17. The molecule has 7 heteroatoms. The molecule has 0 saturated heterocycles. The van der Waals surface area contributed by atoms with E-state index in [0.717, 1.165) is 16.0 Å². The number of carboxylic acid groups (broad SMARTS) is 1. The van der Waals surface area contributed by atoms with Crippen molar-refractivity contribution in [2.75, 3.05) is 10.2 Å². The lowest BCUT2D eigenvalue weighted by molar-refractivity contribution is -0.132. The molecule has 2 aromatic carbocycles. The Morgan fingerprint density at radius 3 is 2.03 bits per heavy atom. The number of rotatable bonds is 4. The number of carbonyl (C=O) groups excluding carboxylic acids is 1. The third-order valence-electron chi connectivity index (χ3n) is 4.41. The van der Waals surface area contributed by atoms with Gasteiger partial charge in [0.15, 0.2) is 5.57 Å². The van der Waals surface area contributed by atoms with E-state index in [-0.39, 0.29) is 17.0 Å². The largest absolute Gasteiger partial charge is 0.477 e. The smallest absolute Gasteiger partial charge is 0.348 e. The third kappa shape index (κ3) is 3.58. The van der Waals surface area contributed by atoms with Gasteiger partial charge in [0.2, 0.25) is 0 Å². The molecule has 2 aromatic rings. The van der Waals surface area contributed by atoms with E-state index in [4.69, 9.17) is 0 Å². The Morgan fingerprint density at radius 1 is 1.00 bits per heavy atom. The van der Waals surface area contributed by atoms with Crippen LogP contribution in [0.15, 0.2) is 71.1 Å². The summed E-state index contributed by atoms with van der Waals surface area (Å²) in [6, 6.07) is 17.4. The molecular weight excluding hydrogens is 368 g/mol. The van der Waals surface area contributed by atoms with Crippen molar-refractivity contribution >= 4 is 23.3 Å². The Balaban J connectivity index is 2.21. The van der Waals surface area contributed by atoms with Gasteiger partial charge in [-0.3, -0.25) is 9.69 Å². The SMILES string of the molecule is Cc1ccc(NC2=C(C#N)/C(=C(/C#N)C(=O)O)N(c3ccc(C)cc3)C2=O)cc1. The second-order valence-electron chi connectivity index (χ2n) is 6.47. The summed E-state index contributed by atoms with van der Waals surface area (Å²) < 4.78 is 0. The van der Waals surface area contributed by atoms with Crippen LogP contribution in [0.1, 0.15) is 11.1 Å². The Hall–Kier alpha value is -4.36. The van der Waals surface area contributed by atoms with Crippen molar-refractivity contribution < 1.29 is 14.7 Å². The quantitative estimate of drug-likeness (QED) is 0.616. The van der Waals surface area contributed by atoms with Crippen LogP contribution in [0, 0.1) is 36.5 Å². The van der Waals surface area contributed by atoms with Crippen molar-refractivity contribution in [2.45, 2.75) is 13.8 Å². The van der Waals surface area contributed by atoms with Gasteiger partial charge in [0, 0.05) is 11.4 Å². The van der Waals surface area contributed by atoms with E-state index >= 15 is 0 Å². The minimum atomic E-state index is -1.52. The van der Waals surface area contributed by atoms with E-state index < -0.39 is 17.4 Å². The number of hydrogen-bond donors (Lipinski definition) is 2. The highest BCUT2D eigenvalue weighted by Crippen LogP contribution is 2.36. The van der Waals surface area contributed by atoms with Crippen molar-refractivity contribution in [3.05, 3.63) is 82.2 Å². The summed E-state index contributed by atoms with van der Waals surface area (Å²) >= 11 is 0. The molecule has 0 spiro atoms. The van der Waals surface area contributed by atoms with Crippen molar-refractivity contribution in [1.29, 1.82) is 10.5 Å². The van der Waals surface area contributed by atoms with Crippen molar-refractivity contribution in [3.8, 4) is 12.1 Å². The number of aryl methyl sites for hydroxylation is 2. The molecule has 142 valence electrons. The molecule has 29 heavy (non-hydrogen) atoms. The molecular formula is C22H16N4O3. The zero-order chi connectivity index (χ0) is 21.1. The van der Waals surface area contributed by atoms with Crippen LogP contribution in [0.4, 0.5) is 11.4 Å². The maximum absolute atomic E-state index is 13.2. The van der Waals surface area contributed by atoms with Crippen LogP contribution in [0.2, 0.25) is 0 Å². The first kappa shape index (κ1) is 19.4. The summed E-state index contributed by atoms with van der Waals surface area (Å²) in [6.45, 7) is 3.78. The first-order chi connectivity index (χ1) is 13.9. The maximum atomic E-state index is 13.2. The van der Waals surface area contributed by atoms with Gasteiger partial charge in [-0.1, -0.05) is 35.4 Å². The summed E-state index contributed by atoms with van der Waals surface area (Å²) in [5.41, 5.74) is 1.67. The first-order valence-electron chi connectivity index (χ1n) is 8.64. The van der Waals surface area contributed by atoms with Crippen LogP contribution in [-0.2, 0) is 9.59 Å². The first-order valence-corrected chi connectivity index (χ1v) is 8.64. The molecule has 3 rings (SSSR count). The molecule has 0 aliphatic carbocycles. The van der Waals surface area contributed by atoms with Crippen LogP contribution < -0.4 is 10.2 Å². The van der Waals surface area contributed by atoms with E-state index in [1.165, 1.54) is 0 Å². The summed E-state index contributed by atoms with van der Waals surface area (Å²) in [5.74, 6) is -2.13. The number of carbonyl (C=O) groups is 2. The number of aliphatic carboxylic acids is 1. The molecule has 0 aromatic heterocycles. The molecule has 0 unspecified atom stereocenters. The van der Waals surface area contributed by atoms with Crippen molar-refractivity contribution in [3.63, 3.8) is 0 Å². The Morgan fingerprint density at radius 2 is 1.55 bits per heavy atom. The average Bonchev–Trinajstić information content (AvgIpc) is 2.96. The highest BCUT2D eigenvalue weighted by Gasteiger charge is 2.40. The number of allylic oxidation sites excluding steroid dienone is 1. The average molecular weight is 384 g/mol. The predicted molar refractivity (Wildman–Crippen MR) is 106 cm³/mol. The van der Waals surface area contributed by atoms with E-state index in [2.05, 4.69) is 5.32 Å². The van der Waals surface area contributed by atoms with Gasteiger partial charge in [0.1, 0.15) is 23.4 Å². The molecule has 0 radical (unpaired) electrons. The lowest BCUT2D eigenvalue weighted by atomic mass is 10.1. The number of nitrogens with one attached hydrogen (secondary N) is 1. The molecule has 1 heterocycles. The van der Waals surface area contributed by atoms with Crippen molar-refractivity contribution in [1.82, 2.24) is 0 Å². The molecule has 0 fully saturated rings. The fraction of sp³-hybridized carbons (Fsp3) is 0.0909. The van der Waals surface area contributed by atoms with Gasteiger partial charge in [-0.2, -0.15) is 10.5 Å². The zero-order valence-electron chi connectivity index (χ0n) is 15.7. The van der Waals surface area contributed by atoms with E-state index in [9.17, 15) is 25.2 Å². The number of carboxylic acids is 1. The summed E-state index contributed by atoms with van der Waals surface area (Å²) in [6.07, 6.45) is 0. The highest BCUT2D eigenvalue weighted by atomic mass is 16.4. The number of nitriles is 2. The number of hydrogen-bond acceptors (Lipinski definition) is 5. The molecule has 0 bridgehead atoms. The molecule has 0 atom stereocenters. The lowest BCUT2D eigenvalue weighted by Crippen LogP contribution is -2.28. The number of anilines is 2. The minimum absolute atomic E-state index is 0.0825. The van der Waals surface area contributed by atoms with Gasteiger partial charge in [0.05, 0.1) is 5.70 Å². The van der Waals surface area contributed by atoms with Crippen LogP contribution in [0.5, 0.6) is 0 Å². The van der Waals surface area contributed by atoms with Crippen LogP contribution in [0.25, 0.3) is 0 Å². The van der Waals surface area contributed by atoms with Crippen LogP contribution >= 0.6 is 0 Å². The molecule has 1 amide bonds. The minimum Gasteiger partial charge on any atom is -0.477 e. The molecule has 2 N–H and O–H groups in total. The van der Waals surface area contributed by atoms with Gasteiger partial charge in [-0.05, 0) is 38.1 Å². The Labute approximate surface area is 167 Å². The van der Waals surface area contributed by atoms with E-state index in [1.807, 2.05) is 32.0 Å². The summed E-state index contributed by atoms with van der Waals surface area (Å²) in [5, 5.41) is 31.5. The number of amides is 1. The number of nitrogens with zero attached hydrogens (tertiary/aromatic N) is 3. The second-order valence-corrected chi connectivity index (χ2v) is 6.47. The number of benzene rings is 2. The van der Waals surface area contributed by atoms with E-state index in [1.54, 1.807) is 42.5 Å². The second kappa shape index (κ2) is 7.71. The topological polar surface area (TPSA) is 117 Å². The predicted octanol–water partition coefficient (Wildman–Crippen LogP) is 3.40. The van der Waals surface area contributed by atoms with E-state index in [0.29, 0.717) is 11.4 Å². The third-order valence-corrected chi connectivity index (χ3v) is 4.41. The fourth-order valence-corrected chi connectivity index (χ4v) is 2.94. The molecule has 0 saturated carbocycles. The normalized spacial score (nSPS) is 15.0. The Bertz CT molecular complexity index is 1140. The lowest BCUT2D eigenvalue weighted by Gasteiger charge is -2.19. The van der Waals surface area contributed by atoms with Crippen LogP contribution in [0.3, 0.4) is 0 Å². The summed E-state index contributed by atoms with van der Waals surface area (Å²) in [4.78, 5) is 25.9. The molecule has 1 aliphatic rings. The van der Waals surface area contributed by atoms with Crippen LogP contribution in [-0.4, -0.2) is 17.0 Å². The summed E-state index contributed by atoms with van der Waals surface area (Å²) in [7, 11) is 0. The standard InChI is InChI=1S/C22H16N4O3/c1-13-3-7-15(8-4-13)25-19-17(11-23)20(18(12-24)22(28)29)26(21(19)27)16-9-5-14(2)6-10-16/h3-10,25H,1-2H3,(H,28,29)/b20-18+. The van der Waals surface area contributed by atoms with Crippen molar-refractivity contribution in [2.24, 2.45) is 0 Å². The fourth-order valence-electron chi connectivity index (χ4n) is 2.94. The molecule has 7 nitrogen and oxygen atoms in total. The molecule has 1 aliphatic heterocycles. The van der Waals surface area contributed by atoms with Gasteiger partial charge >= 0.3 is 5.97 Å². The Kier molecular flexibility index (Phi) is 5.16.